The predicted octanol–water partition coefficient (Wildman–Crippen LogP) is 4.64. The lowest BCUT2D eigenvalue weighted by atomic mass is 10.0. The largest absolute Gasteiger partial charge is 0.481 e. The number of nitrogens with zero attached hydrogens (tertiary/aromatic N) is 5. The maximum Gasteiger partial charge on any atom is 0.223 e. The van der Waals surface area contributed by atoms with Crippen LogP contribution >= 0.6 is 0 Å². The fraction of sp³-hybridized carbons (Fsp3) is 0.345. The second kappa shape index (κ2) is 10.0. The zero-order valence-electron chi connectivity index (χ0n) is 21.5. The van der Waals surface area contributed by atoms with Crippen LogP contribution in [-0.2, 0) is 11.2 Å². The van der Waals surface area contributed by atoms with Crippen LogP contribution in [0.1, 0.15) is 28.8 Å². The smallest absolute Gasteiger partial charge is 0.223 e. The Morgan fingerprint density at radius 3 is 2.28 bits per heavy atom. The van der Waals surface area contributed by atoms with Crippen molar-refractivity contribution in [2.75, 3.05) is 38.2 Å². The first kappa shape index (κ1) is 23.9. The molecule has 0 bridgehead atoms. The van der Waals surface area contributed by atoms with E-state index in [0.717, 1.165) is 59.7 Å². The van der Waals surface area contributed by atoms with E-state index in [9.17, 15) is 4.79 Å². The number of fused-ring (bicyclic) bond motifs is 1. The lowest BCUT2D eigenvalue weighted by Gasteiger charge is -2.36. The summed E-state index contributed by atoms with van der Waals surface area (Å²) in [4.78, 5) is 22.3. The Bertz CT molecular complexity index is 1370. The predicted molar refractivity (Wildman–Crippen MR) is 143 cm³/mol. The van der Waals surface area contributed by atoms with E-state index in [-0.39, 0.29) is 5.91 Å². The molecule has 1 amide bonds. The van der Waals surface area contributed by atoms with Crippen LogP contribution in [0.2, 0.25) is 0 Å². The number of hydrogen-bond donors (Lipinski definition) is 0. The number of ether oxygens (including phenoxy) is 1. The third kappa shape index (κ3) is 4.53. The lowest BCUT2D eigenvalue weighted by Crippen LogP contribution is -2.48. The number of para-hydroxylation sites is 1. The van der Waals surface area contributed by atoms with Crippen LogP contribution in [-0.4, -0.2) is 58.9 Å². The van der Waals surface area contributed by atoms with E-state index >= 15 is 0 Å². The number of anilines is 1. The summed E-state index contributed by atoms with van der Waals surface area (Å²) >= 11 is 0. The molecule has 0 spiro atoms. The van der Waals surface area contributed by atoms with Crippen molar-refractivity contribution < 1.29 is 9.53 Å². The highest BCUT2D eigenvalue weighted by atomic mass is 16.5. The molecule has 0 radical (unpaired) electrons. The number of pyridine rings is 1. The maximum absolute atomic E-state index is 13.1. The molecule has 5 rings (SSSR count). The Morgan fingerprint density at radius 2 is 1.61 bits per heavy atom. The van der Waals surface area contributed by atoms with E-state index in [2.05, 4.69) is 67.3 Å². The Morgan fingerprint density at radius 1 is 0.917 bits per heavy atom. The number of piperazine rings is 1. The van der Waals surface area contributed by atoms with Gasteiger partial charge >= 0.3 is 0 Å². The third-order valence-corrected chi connectivity index (χ3v) is 7.14. The number of aryl methyl sites for hydroxylation is 3. The number of rotatable bonds is 6. The minimum absolute atomic E-state index is 0.177. The minimum Gasteiger partial charge on any atom is -0.481 e. The van der Waals surface area contributed by atoms with Gasteiger partial charge in [0.1, 0.15) is 0 Å². The number of aromatic nitrogens is 3. The Kier molecular flexibility index (Phi) is 6.63. The van der Waals surface area contributed by atoms with Crippen LogP contribution in [0.4, 0.5) is 5.69 Å². The highest BCUT2D eigenvalue weighted by molar-refractivity contribution is 5.86. The van der Waals surface area contributed by atoms with Crippen molar-refractivity contribution in [2.24, 2.45) is 0 Å². The molecule has 1 saturated heterocycles. The molecule has 0 unspecified atom stereocenters. The van der Waals surface area contributed by atoms with E-state index in [0.29, 0.717) is 18.7 Å². The number of hydrogen-bond acceptors (Lipinski definition) is 5. The molecule has 0 atom stereocenters. The number of benzene rings is 2. The first-order valence-electron chi connectivity index (χ1n) is 12.5. The molecule has 36 heavy (non-hydrogen) atoms. The van der Waals surface area contributed by atoms with Gasteiger partial charge in [0.25, 0.3) is 0 Å². The first-order valence-corrected chi connectivity index (χ1v) is 12.5. The summed E-state index contributed by atoms with van der Waals surface area (Å²) in [5, 5.41) is 5.81. The highest BCUT2D eigenvalue weighted by Gasteiger charge is 2.24. The van der Waals surface area contributed by atoms with E-state index in [1.807, 2.05) is 22.6 Å². The number of carbonyl (C=O) groups excluding carboxylic acids is 1. The standard InChI is InChI=1S/C29H33N5O2/c1-20-10-12-24(13-11-20)34-28-27(22(3)31-34)21(2)25(29(30-28)36-4)14-15-26(35)33-18-16-32(17-19-33)23-8-6-5-7-9-23/h5-13H,14-19H2,1-4H3. The summed E-state index contributed by atoms with van der Waals surface area (Å²) in [6, 6.07) is 18.6. The summed E-state index contributed by atoms with van der Waals surface area (Å²) < 4.78 is 7.59. The quantitative estimate of drug-likeness (QED) is 0.400. The molecule has 7 heteroatoms. The number of carbonyl (C=O) groups is 1. The fourth-order valence-corrected chi connectivity index (χ4v) is 5.10. The fourth-order valence-electron chi connectivity index (χ4n) is 5.10. The minimum atomic E-state index is 0.177. The monoisotopic (exact) mass is 483 g/mol. The second-order valence-electron chi connectivity index (χ2n) is 9.46. The zero-order chi connectivity index (χ0) is 25.2. The summed E-state index contributed by atoms with van der Waals surface area (Å²) in [5.41, 5.74) is 7.13. The number of amides is 1. The molecule has 1 fully saturated rings. The van der Waals surface area contributed by atoms with Crippen molar-refractivity contribution in [3.05, 3.63) is 77.0 Å². The molecule has 7 nitrogen and oxygen atoms in total. The van der Waals surface area contributed by atoms with Crippen LogP contribution in [0, 0.1) is 20.8 Å². The van der Waals surface area contributed by atoms with Crippen molar-refractivity contribution in [1.29, 1.82) is 0 Å². The van der Waals surface area contributed by atoms with Crippen LogP contribution < -0.4 is 9.64 Å². The van der Waals surface area contributed by atoms with Gasteiger partial charge in [-0.1, -0.05) is 35.9 Å². The molecule has 2 aromatic carbocycles. The van der Waals surface area contributed by atoms with E-state index in [4.69, 9.17) is 14.8 Å². The van der Waals surface area contributed by atoms with Crippen molar-refractivity contribution in [1.82, 2.24) is 19.7 Å². The van der Waals surface area contributed by atoms with Crippen LogP contribution in [0.25, 0.3) is 16.7 Å². The molecule has 0 saturated carbocycles. The molecule has 186 valence electrons. The summed E-state index contributed by atoms with van der Waals surface area (Å²) in [7, 11) is 1.64. The summed E-state index contributed by atoms with van der Waals surface area (Å²) in [5.74, 6) is 0.742. The second-order valence-corrected chi connectivity index (χ2v) is 9.46. The first-order chi connectivity index (χ1) is 17.5. The van der Waals surface area contributed by atoms with Crippen LogP contribution in [0.15, 0.2) is 54.6 Å². The summed E-state index contributed by atoms with van der Waals surface area (Å²) in [6.07, 6.45) is 1.02. The Balaban J connectivity index is 1.33. The Hall–Kier alpha value is -3.87. The molecule has 1 aliphatic heterocycles. The van der Waals surface area contributed by atoms with Gasteiger partial charge in [-0.3, -0.25) is 4.79 Å². The molecular weight excluding hydrogens is 450 g/mol. The maximum atomic E-state index is 13.1. The normalized spacial score (nSPS) is 13.9. The van der Waals surface area contributed by atoms with Gasteiger partial charge in [0.15, 0.2) is 5.65 Å². The van der Waals surface area contributed by atoms with Gasteiger partial charge < -0.3 is 14.5 Å². The van der Waals surface area contributed by atoms with Crippen molar-refractivity contribution >= 4 is 22.6 Å². The van der Waals surface area contributed by atoms with E-state index in [1.54, 1.807) is 7.11 Å². The van der Waals surface area contributed by atoms with Crippen LogP contribution in [0.5, 0.6) is 5.88 Å². The highest BCUT2D eigenvalue weighted by Crippen LogP contribution is 2.32. The summed E-state index contributed by atoms with van der Waals surface area (Å²) in [6.45, 7) is 9.34. The van der Waals surface area contributed by atoms with Crippen molar-refractivity contribution in [3.63, 3.8) is 0 Å². The molecular formula is C29H33N5O2. The molecule has 4 aromatic rings. The van der Waals surface area contributed by atoms with E-state index in [1.165, 1.54) is 11.3 Å². The van der Waals surface area contributed by atoms with Gasteiger partial charge in [0, 0.05) is 49.2 Å². The lowest BCUT2D eigenvalue weighted by molar-refractivity contribution is -0.131. The van der Waals surface area contributed by atoms with Gasteiger partial charge in [-0.15, -0.1) is 0 Å². The topological polar surface area (TPSA) is 63.5 Å². The average molecular weight is 484 g/mol. The van der Waals surface area contributed by atoms with E-state index < -0.39 is 0 Å². The van der Waals surface area contributed by atoms with Gasteiger partial charge in [0.05, 0.1) is 18.5 Å². The van der Waals surface area contributed by atoms with Gasteiger partial charge in [-0.25, -0.2) is 4.68 Å². The molecule has 2 aromatic heterocycles. The van der Waals surface area contributed by atoms with Crippen molar-refractivity contribution in [3.8, 4) is 11.6 Å². The average Bonchev–Trinajstić information content (AvgIpc) is 3.25. The molecule has 0 aliphatic carbocycles. The number of methoxy groups -OCH3 is 1. The van der Waals surface area contributed by atoms with Gasteiger partial charge in [-0.2, -0.15) is 10.1 Å². The van der Waals surface area contributed by atoms with Gasteiger partial charge in [0.2, 0.25) is 11.8 Å². The Labute approximate surface area is 212 Å². The SMILES string of the molecule is COc1nc2c(c(C)nn2-c2ccc(C)cc2)c(C)c1CCC(=O)N1CCN(c2ccccc2)CC1. The third-order valence-electron chi connectivity index (χ3n) is 7.14. The molecule has 0 N–H and O–H groups in total. The van der Waals surface area contributed by atoms with Crippen LogP contribution in [0.3, 0.4) is 0 Å². The molecule has 3 heterocycles. The molecule has 1 aliphatic rings. The van der Waals surface area contributed by atoms with Gasteiger partial charge in [-0.05, 0) is 57.0 Å². The zero-order valence-corrected chi connectivity index (χ0v) is 21.5. The van der Waals surface area contributed by atoms with Crippen molar-refractivity contribution in [2.45, 2.75) is 33.6 Å².